The summed E-state index contributed by atoms with van der Waals surface area (Å²) in [5.74, 6) is 0. The van der Waals surface area contributed by atoms with E-state index >= 15 is 0 Å². The number of hydrazone groups is 1. The molecule has 110 valence electrons. The van der Waals surface area contributed by atoms with Gasteiger partial charge in [0, 0.05) is 18.3 Å². The molecule has 0 atom stereocenters. The fourth-order valence-corrected chi connectivity index (χ4v) is 1.90. The molecule has 0 aliphatic rings. The summed E-state index contributed by atoms with van der Waals surface area (Å²) in [6.07, 6.45) is 6.45. The molecule has 6 heteroatoms. The molecule has 5 nitrogen and oxygen atoms in total. The van der Waals surface area contributed by atoms with Gasteiger partial charge in [0.2, 0.25) is 0 Å². The van der Waals surface area contributed by atoms with E-state index in [1.807, 2.05) is 29.1 Å². The fourth-order valence-electron chi connectivity index (χ4n) is 1.75. The fraction of sp³-hybridized carbons (Fsp3) is 0.267. The van der Waals surface area contributed by atoms with Crippen molar-refractivity contribution in [1.82, 2.24) is 20.5 Å². The van der Waals surface area contributed by atoms with Crippen molar-refractivity contribution >= 4 is 23.5 Å². The molecule has 2 rings (SSSR count). The standard InChI is InChI=1S/C15H19N5S/c1-2-8-16-15(21)19-17-9-14-10-18-20(12-14)11-13-6-4-3-5-7-13/h3-7,9-10,12H,2,8,11H2,1H3,(H2,16,19,21)/b17-9-. The van der Waals surface area contributed by atoms with Crippen LogP contribution in [0, 0.1) is 0 Å². The molecule has 1 aromatic carbocycles. The molecule has 0 aliphatic carbocycles. The first kappa shape index (κ1) is 15.2. The zero-order chi connectivity index (χ0) is 14.9. The lowest BCUT2D eigenvalue weighted by Crippen LogP contribution is -2.32. The van der Waals surface area contributed by atoms with Crippen LogP contribution in [0.3, 0.4) is 0 Å². The number of nitrogens with zero attached hydrogens (tertiary/aromatic N) is 3. The van der Waals surface area contributed by atoms with Crippen LogP contribution >= 0.6 is 12.2 Å². The number of benzene rings is 1. The molecule has 2 N–H and O–H groups in total. The van der Waals surface area contributed by atoms with E-state index in [0.717, 1.165) is 25.1 Å². The summed E-state index contributed by atoms with van der Waals surface area (Å²) in [5, 5.41) is 12.0. The molecule has 0 aliphatic heterocycles. The number of aromatic nitrogens is 2. The van der Waals surface area contributed by atoms with E-state index < -0.39 is 0 Å². The Balaban J connectivity index is 1.84. The van der Waals surface area contributed by atoms with Gasteiger partial charge in [0.15, 0.2) is 5.11 Å². The third-order valence-electron chi connectivity index (χ3n) is 2.76. The van der Waals surface area contributed by atoms with Crippen molar-refractivity contribution in [3.8, 4) is 0 Å². The molecule has 0 bridgehead atoms. The highest BCUT2D eigenvalue weighted by atomic mass is 32.1. The van der Waals surface area contributed by atoms with Gasteiger partial charge < -0.3 is 5.32 Å². The lowest BCUT2D eigenvalue weighted by molar-refractivity contribution is 0.687. The number of hydrogen-bond acceptors (Lipinski definition) is 3. The maximum Gasteiger partial charge on any atom is 0.186 e. The molecular weight excluding hydrogens is 282 g/mol. The van der Waals surface area contributed by atoms with Gasteiger partial charge in [0.25, 0.3) is 0 Å². The highest BCUT2D eigenvalue weighted by molar-refractivity contribution is 7.80. The third-order valence-corrected chi connectivity index (χ3v) is 2.99. The smallest absolute Gasteiger partial charge is 0.186 e. The Hall–Kier alpha value is -2.21. The van der Waals surface area contributed by atoms with Crippen LogP contribution < -0.4 is 10.7 Å². The Kier molecular flexibility index (Phi) is 5.90. The van der Waals surface area contributed by atoms with Crippen molar-refractivity contribution in [2.45, 2.75) is 19.9 Å². The van der Waals surface area contributed by atoms with E-state index in [9.17, 15) is 0 Å². The molecule has 0 amide bonds. The number of hydrogen-bond donors (Lipinski definition) is 2. The van der Waals surface area contributed by atoms with Crippen LogP contribution in [0.15, 0.2) is 47.8 Å². The number of nitrogens with one attached hydrogen (secondary N) is 2. The van der Waals surface area contributed by atoms with Crippen molar-refractivity contribution < 1.29 is 0 Å². The van der Waals surface area contributed by atoms with Crippen LogP contribution in [0.1, 0.15) is 24.5 Å². The van der Waals surface area contributed by atoms with Crippen LogP contribution in [0.5, 0.6) is 0 Å². The van der Waals surface area contributed by atoms with Crippen LogP contribution in [-0.2, 0) is 6.54 Å². The highest BCUT2D eigenvalue weighted by Crippen LogP contribution is 2.02. The van der Waals surface area contributed by atoms with E-state index in [1.54, 1.807) is 12.4 Å². The van der Waals surface area contributed by atoms with Crippen LogP contribution in [0.25, 0.3) is 0 Å². The van der Waals surface area contributed by atoms with E-state index in [1.165, 1.54) is 5.56 Å². The minimum atomic E-state index is 0.532. The Morgan fingerprint density at radius 3 is 2.95 bits per heavy atom. The van der Waals surface area contributed by atoms with Crippen molar-refractivity contribution in [3.05, 3.63) is 53.9 Å². The maximum atomic E-state index is 5.07. The normalized spacial score (nSPS) is 10.7. The minimum Gasteiger partial charge on any atom is -0.361 e. The zero-order valence-corrected chi connectivity index (χ0v) is 12.8. The molecule has 0 saturated heterocycles. The largest absolute Gasteiger partial charge is 0.361 e. The summed E-state index contributed by atoms with van der Waals surface area (Å²) in [7, 11) is 0. The van der Waals surface area contributed by atoms with E-state index in [-0.39, 0.29) is 0 Å². The van der Waals surface area contributed by atoms with Crippen LogP contribution in [-0.4, -0.2) is 27.7 Å². The molecule has 0 radical (unpaired) electrons. The van der Waals surface area contributed by atoms with Crippen molar-refractivity contribution in [2.75, 3.05) is 6.54 Å². The van der Waals surface area contributed by atoms with Crippen LogP contribution in [0.2, 0.25) is 0 Å². The van der Waals surface area contributed by atoms with Gasteiger partial charge in [-0.05, 0) is 24.2 Å². The molecule has 2 aromatic rings. The monoisotopic (exact) mass is 301 g/mol. The van der Waals surface area contributed by atoms with Crippen LogP contribution in [0.4, 0.5) is 0 Å². The first-order valence-corrected chi connectivity index (χ1v) is 7.32. The molecule has 0 spiro atoms. The third kappa shape index (κ3) is 5.35. The van der Waals surface area contributed by atoms with Gasteiger partial charge in [-0.3, -0.25) is 10.1 Å². The highest BCUT2D eigenvalue weighted by Gasteiger charge is 1.97. The maximum absolute atomic E-state index is 5.07. The van der Waals surface area contributed by atoms with Crippen molar-refractivity contribution in [2.24, 2.45) is 5.10 Å². The summed E-state index contributed by atoms with van der Waals surface area (Å²) < 4.78 is 1.88. The predicted octanol–water partition coefficient (Wildman–Crippen LogP) is 2.14. The first-order valence-electron chi connectivity index (χ1n) is 6.91. The Bertz CT molecular complexity index is 591. The van der Waals surface area contributed by atoms with Gasteiger partial charge in [-0.1, -0.05) is 37.3 Å². The van der Waals surface area contributed by atoms with E-state index in [2.05, 4.69) is 40.0 Å². The lowest BCUT2D eigenvalue weighted by Gasteiger charge is -2.03. The second-order valence-electron chi connectivity index (χ2n) is 4.58. The SMILES string of the molecule is CCCNC(=S)N/N=C\c1cnn(Cc2ccccc2)c1. The Labute approximate surface area is 130 Å². The molecule has 0 saturated carbocycles. The van der Waals surface area contributed by atoms with Gasteiger partial charge in [0.05, 0.1) is 19.0 Å². The average molecular weight is 301 g/mol. The van der Waals surface area contributed by atoms with E-state index in [4.69, 9.17) is 12.2 Å². The molecule has 21 heavy (non-hydrogen) atoms. The van der Waals surface area contributed by atoms with E-state index in [0.29, 0.717) is 5.11 Å². The molecule has 0 unspecified atom stereocenters. The molecule has 0 fully saturated rings. The zero-order valence-electron chi connectivity index (χ0n) is 12.0. The van der Waals surface area contributed by atoms with Crippen molar-refractivity contribution in [3.63, 3.8) is 0 Å². The summed E-state index contributed by atoms with van der Waals surface area (Å²) >= 11 is 5.07. The average Bonchev–Trinajstić information content (AvgIpc) is 2.93. The predicted molar refractivity (Wildman–Crippen MR) is 89.4 cm³/mol. The quantitative estimate of drug-likeness (QED) is 0.488. The number of rotatable bonds is 6. The first-order chi connectivity index (χ1) is 10.3. The summed E-state index contributed by atoms with van der Waals surface area (Å²) in [6.45, 7) is 3.68. The summed E-state index contributed by atoms with van der Waals surface area (Å²) in [4.78, 5) is 0. The van der Waals surface area contributed by atoms with Crippen molar-refractivity contribution in [1.29, 1.82) is 0 Å². The van der Waals surface area contributed by atoms with Gasteiger partial charge in [-0.15, -0.1) is 0 Å². The Morgan fingerprint density at radius 1 is 1.38 bits per heavy atom. The van der Waals surface area contributed by atoms with Gasteiger partial charge in [0.1, 0.15) is 0 Å². The topological polar surface area (TPSA) is 54.2 Å². The van der Waals surface area contributed by atoms with Gasteiger partial charge in [-0.25, -0.2) is 0 Å². The Morgan fingerprint density at radius 2 is 2.19 bits per heavy atom. The lowest BCUT2D eigenvalue weighted by atomic mass is 10.2. The summed E-state index contributed by atoms with van der Waals surface area (Å²) in [6, 6.07) is 10.2. The number of thiocarbonyl (C=S) groups is 1. The second kappa shape index (κ2) is 8.16. The minimum absolute atomic E-state index is 0.532. The second-order valence-corrected chi connectivity index (χ2v) is 4.99. The van der Waals surface area contributed by atoms with Gasteiger partial charge in [-0.2, -0.15) is 10.2 Å². The van der Waals surface area contributed by atoms with Gasteiger partial charge >= 0.3 is 0 Å². The summed E-state index contributed by atoms with van der Waals surface area (Å²) in [5.41, 5.74) is 4.92. The molecule has 1 heterocycles. The molecular formula is C15H19N5S. The molecule has 1 aromatic heterocycles.